The standard InChI is InChI=1S/C23H18O6/c1-12(24)8-13-2-5-16(23(27)28)19(9-13)22-17-6-3-14(25)10-20(17)29-21-11-15(26)4-7-18(21)22/h2-7,9-10,21,25H,8,11H2,1H3,(H,27,28). The Bertz CT molecular complexity index is 1120. The molecule has 0 amide bonds. The lowest BCUT2D eigenvalue weighted by molar-refractivity contribution is -0.117. The SMILES string of the molecule is CC(=O)Cc1ccc(C(=O)O)c(C2=C3C=CC(=O)CC3Oc3cc(O)ccc32)c1. The molecule has 0 bridgehead atoms. The van der Waals surface area contributed by atoms with Crippen LogP contribution in [-0.4, -0.2) is 33.9 Å². The number of benzene rings is 2. The Kier molecular flexibility index (Phi) is 4.54. The molecule has 2 N–H and O–H groups in total. The van der Waals surface area contributed by atoms with Gasteiger partial charge in [-0.2, -0.15) is 0 Å². The number of carbonyl (C=O) groups is 3. The van der Waals surface area contributed by atoms with E-state index in [1.165, 1.54) is 31.2 Å². The van der Waals surface area contributed by atoms with Crippen molar-refractivity contribution in [3.05, 3.63) is 76.4 Å². The molecule has 0 spiro atoms. The van der Waals surface area contributed by atoms with E-state index in [0.717, 1.165) is 0 Å². The number of phenolic OH excluding ortho intramolecular Hbond substituents is 1. The Balaban J connectivity index is 2.02. The monoisotopic (exact) mass is 390 g/mol. The lowest BCUT2D eigenvalue weighted by Crippen LogP contribution is -2.29. The molecule has 1 heterocycles. The van der Waals surface area contributed by atoms with Gasteiger partial charge in [-0.05, 0) is 48.4 Å². The predicted molar refractivity (Wildman–Crippen MR) is 105 cm³/mol. The summed E-state index contributed by atoms with van der Waals surface area (Å²) in [4.78, 5) is 35.5. The number of aromatic carboxylic acids is 1. The summed E-state index contributed by atoms with van der Waals surface area (Å²) in [5.41, 5.74) is 3.18. The van der Waals surface area contributed by atoms with E-state index in [4.69, 9.17) is 4.74 Å². The fourth-order valence-electron chi connectivity index (χ4n) is 3.81. The van der Waals surface area contributed by atoms with Crippen LogP contribution >= 0.6 is 0 Å². The lowest BCUT2D eigenvalue weighted by Gasteiger charge is -2.32. The first-order valence-corrected chi connectivity index (χ1v) is 9.14. The number of ketones is 2. The molecule has 0 radical (unpaired) electrons. The molecule has 2 aromatic rings. The van der Waals surface area contributed by atoms with Gasteiger partial charge in [-0.1, -0.05) is 12.1 Å². The molecule has 2 aliphatic rings. The normalized spacial score (nSPS) is 17.4. The number of carboxylic acid groups (broad SMARTS) is 1. The second kappa shape index (κ2) is 7.05. The van der Waals surface area contributed by atoms with Crippen LogP contribution in [0.3, 0.4) is 0 Å². The quantitative estimate of drug-likeness (QED) is 0.831. The Labute approximate surface area is 166 Å². The summed E-state index contributed by atoms with van der Waals surface area (Å²) >= 11 is 0. The Morgan fingerprint density at radius 1 is 1.10 bits per heavy atom. The van der Waals surface area contributed by atoms with Crippen LogP contribution in [0.2, 0.25) is 0 Å². The number of phenols is 1. The van der Waals surface area contributed by atoms with Crippen LogP contribution in [-0.2, 0) is 16.0 Å². The molecular formula is C23H18O6. The number of fused-ring (bicyclic) bond motifs is 2. The van der Waals surface area contributed by atoms with E-state index in [9.17, 15) is 24.6 Å². The average Bonchev–Trinajstić information content (AvgIpc) is 2.65. The van der Waals surface area contributed by atoms with Crippen LogP contribution in [0.1, 0.15) is 40.4 Å². The van der Waals surface area contributed by atoms with Crippen molar-refractivity contribution in [2.75, 3.05) is 0 Å². The molecule has 0 saturated carbocycles. The number of carboxylic acids is 1. The zero-order valence-electron chi connectivity index (χ0n) is 15.6. The minimum atomic E-state index is -1.10. The molecule has 4 rings (SSSR count). The minimum Gasteiger partial charge on any atom is -0.508 e. The number of hydrogen-bond donors (Lipinski definition) is 2. The molecule has 146 valence electrons. The highest BCUT2D eigenvalue weighted by Crippen LogP contribution is 2.44. The van der Waals surface area contributed by atoms with E-state index in [0.29, 0.717) is 33.6 Å². The van der Waals surface area contributed by atoms with Crippen molar-refractivity contribution in [3.8, 4) is 11.5 Å². The van der Waals surface area contributed by atoms with Crippen LogP contribution in [0.4, 0.5) is 0 Å². The summed E-state index contributed by atoms with van der Waals surface area (Å²) in [5, 5.41) is 19.6. The van der Waals surface area contributed by atoms with Gasteiger partial charge in [-0.3, -0.25) is 9.59 Å². The van der Waals surface area contributed by atoms with Crippen molar-refractivity contribution in [2.24, 2.45) is 0 Å². The van der Waals surface area contributed by atoms with Crippen LogP contribution in [0.15, 0.2) is 54.1 Å². The smallest absolute Gasteiger partial charge is 0.336 e. The third kappa shape index (κ3) is 3.45. The van der Waals surface area contributed by atoms with Crippen molar-refractivity contribution < 1.29 is 29.3 Å². The zero-order chi connectivity index (χ0) is 20.7. The largest absolute Gasteiger partial charge is 0.508 e. The van der Waals surface area contributed by atoms with E-state index in [-0.39, 0.29) is 35.7 Å². The summed E-state index contributed by atoms with van der Waals surface area (Å²) in [6, 6.07) is 9.45. The number of ether oxygens (including phenoxy) is 1. The van der Waals surface area contributed by atoms with Gasteiger partial charge < -0.3 is 14.9 Å². The molecule has 2 aromatic carbocycles. The summed E-state index contributed by atoms with van der Waals surface area (Å²) in [5.74, 6) is -0.833. The van der Waals surface area contributed by atoms with Crippen LogP contribution in [0.5, 0.6) is 11.5 Å². The van der Waals surface area contributed by atoms with Gasteiger partial charge in [0.15, 0.2) is 5.78 Å². The third-order valence-corrected chi connectivity index (χ3v) is 5.01. The molecule has 0 aromatic heterocycles. The topological polar surface area (TPSA) is 101 Å². The summed E-state index contributed by atoms with van der Waals surface area (Å²) in [7, 11) is 0. The van der Waals surface area contributed by atoms with Crippen molar-refractivity contribution in [1.82, 2.24) is 0 Å². The molecule has 1 unspecified atom stereocenters. The van der Waals surface area contributed by atoms with Gasteiger partial charge in [0.25, 0.3) is 0 Å². The van der Waals surface area contributed by atoms with Gasteiger partial charge in [-0.25, -0.2) is 4.79 Å². The Morgan fingerprint density at radius 2 is 1.90 bits per heavy atom. The van der Waals surface area contributed by atoms with Gasteiger partial charge in [0.1, 0.15) is 23.4 Å². The van der Waals surface area contributed by atoms with Gasteiger partial charge in [0, 0.05) is 29.2 Å². The van der Waals surface area contributed by atoms with Crippen molar-refractivity contribution in [2.45, 2.75) is 25.9 Å². The Hall–Kier alpha value is -3.67. The molecule has 6 heteroatoms. The molecule has 0 saturated heterocycles. The van der Waals surface area contributed by atoms with Gasteiger partial charge in [0.2, 0.25) is 0 Å². The van der Waals surface area contributed by atoms with E-state index < -0.39 is 12.1 Å². The van der Waals surface area contributed by atoms with Gasteiger partial charge in [0.05, 0.1) is 12.0 Å². The first kappa shape index (κ1) is 18.7. The number of rotatable bonds is 4. The van der Waals surface area contributed by atoms with Gasteiger partial charge >= 0.3 is 5.97 Å². The molecule has 1 aliphatic heterocycles. The maximum absolute atomic E-state index is 11.9. The summed E-state index contributed by atoms with van der Waals surface area (Å²) in [6.45, 7) is 1.48. The highest BCUT2D eigenvalue weighted by atomic mass is 16.5. The lowest BCUT2D eigenvalue weighted by atomic mass is 9.82. The molecule has 0 fully saturated rings. The fourth-order valence-corrected chi connectivity index (χ4v) is 3.81. The summed E-state index contributed by atoms with van der Waals surface area (Å²) in [6.07, 6.45) is 2.85. The van der Waals surface area contributed by atoms with Crippen molar-refractivity contribution in [3.63, 3.8) is 0 Å². The number of aromatic hydroxyl groups is 1. The van der Waals surface area contributed by atoms with Gasteiger partial charge in [-0.15, -0.1) is 0 Å². The molecule has 1 atom stereocenters. The fraction of sp³-hybridized carbons (Fsp3) is 0.174. The minimum absolute atomic E-state index is 0.00742. The van der Waals surface area contributed by atoms with Crippen molar-refractivity contribution >= 4 is 23.1 Å². The third-order valence-electron chi connectivity index (χ3n) is 5.01. The summed E-state index contributed by atoms with van der Waals surface area (Å²) < 4.78 is 5.94. The predicted octanol–water partition coefficient (Wildman–Crippen LogP) is 3.31. The van der Waals surface area contributed by atoms with E-state index in [2.05, 4.69) is 0 Å². The highest BCUT2D eigenvalue weighted by Gasteiger charge is 2.33. The number of carbonyl (C=O) groups excluding carboxylic acids is 2. The van der Waals surface area contributed by atoms with Crippen LogP contribution < -0.4 is 4.74 Å². The van der Waals surface area contributed by atoms with E-state index in [1.807, 2.05) is 0 Å². The Morgan fingerprint density at radius 3 is 2.62 bits per heavy atom. The number of allylic oxidation sites excluding steroid dienone is 1. The highest BCUT2D eigenvalue weighted by molar-refractivity contribution is 6.02. The van der Waals surface area contributed by atoms with E-state index in [1.54, 1.807) is 24.3 Å². The molecule has 1 aliphatic carbocycles. The molecule has 6 nitrogen and oxygen atoms in total. The van der Waals surface area contributed by atoms with Crippen LogP contribution in [0.25, 0.3) is 5.57 Å². The first-order valence-electron chi connectivity index (χ1n) is 9.14. The maximum atomic E-state index is 11.9. The molecular weight excluding hydrogens is 372 g/mol. The number of Topliss-reactive ketones (excluding diaryl/α,β-unsaturated/α-hetero) is 1. The molecule has 29 heavy (non-hydrogen) atoms. The number of hydrogen-bond acceptors (Lipinski definition) is 5. The van der Waals surface area contributed by atoms with Crippen molar-refractivity contribution in [1.29, 1.82) is 0 Å². The maximum Gasteiger partial charge on any atom is 0.336 e. The second-order valence-corrected chi connectivity index (χ2v) is 7.18. The van der Waals surface area contributed by atoms with Crippen LogP contribution in [0, 0.1) is 0 Å². The zero-order valence-corrected chi connectivity index (χ0v) is 15.6. The first-order chi connectivity index (χ1) is 13.8. The van der Waals surface area contributed by atoms with E-state index >= 15 is 0 Å². The second-order valence-electron chi connectivity index (χ2n) is 7.18. The average molecular weight is 390 g/mol.